The Morgan fingerprint density at radius 3 is 3.00 bits per heavy atom. The van der Waals surface area contributed by atoms with Gasteiger partial charge in [0.15, 0.2) is 0 Å². The summed E-state index contributed by atoms with van der Waals surface area (Å²) in [6.45, 7) is 4.07. The predicted octanol–water partition coefficient (Wildman–Crippen LogP) is 2.08. The fraction of sp³-hybridized carbons (Fsp3) is 0.500. The maximum absolute atomic E-state index is 5.13. The van der Waals surface area contributed by atoms with E-state index in [0.717, 1.165) is 13.2 Å². The molecule has 76 valence electrons. The third-order valence-corrected chi connectivity index (χ3v) is 2.88. The summed E-state index contributed by atoms with van der Waals surface area (Å²) in [7, 11) is 1.76. The molecule has 2 rings (SSSR count). The monoisotopic (exact) mass is 191 g/mol. The van der Waals surface area contributed by atoms with E-state index < -0.39 is 0 Å². The van der Waals surface area contributed by atoms with Crippen molar-refractivity contribution in [3.63, 3.8) is 0 Å². The van der Waals surface area contributed by atoms with Crippen LogP contribution in [0.3, 0.4) is 0 Å². The number of hydrogen-bond acceptors (Lipinski definition) is 2. The highest BCUT2D eigenvalue weighted by atomic mass is 16.5. The molecule has 1 aliphatic rings. The van der Waals surface area contributed by atoms with Crippen molar-refractivity contribution in [1.29, 1.82) is 0 Å². The molecule has 1 heterocycles. The minimum Gasteiger partial charge on any atom is -0.383 e. The summed E-state index contributed by atoms with van der Waals surface area (Å²) in [6.07, 6.45) is 1.17. The minimum absolute atomic E-state index is 0.613. The number of anilines is 1. The highest BCUT2D eigenvalue weighted by molar-refractivity contribution is 5.59. The van der Waals surface area contributed by atoms with Crippen molar-refractivity contribution >= 4 is 5.69 Å². The number of ether oxygens (including phenoxy) is 1. The van der Waals surface area contributed by atoms with Crippen molar-refractivity contribution in [2.24, 2.45) is 0 Å². The largest absolute Gasteiger partial charge is 0.383 e. The molecule has 2 heteroatoms. The molecule has 1 aromatic rings. The summed E-state index contributed by atoms with van der Waals surface area (Å²) in [5.41, 5.74) is 2.85. The molecule has 1 aliphatic heterocycles. The van der Waals surface area contributed by atoms with Crippen molar-refractivity contribution in [3.05, 3.63) is 29.8 Å². The quantitative estimate of drug-likeness (QED) is 0.725. The van der Waals surface area contributed by atoms with Gasteiger partial charge in [-0.1, -0.05) is 18.2 Å². The Kier molecular flexibility index (Phi) is 2.73. The van der Waals surface area contributed by atoms with E-state index in [2.05, 4.69) is 36.1 Å². The second-order valence-electron chi connectivity index (χ2n) is 3.87. The standard InChI is InChI=1S/C12H17NO/c1-10-9-11-5-3-4-6-12(11)13(10)7-8-14-2/h3-6,10H,7-9H2,1-2H3. The lowest BCUT2D eigenvalue weighted by atomic mass is 10.1. The van der Waals surface area contributed by atoms with Gasteiger partial charge < -0.3 is 9.64 Å². The molecule has 14 heavy (non-hydrogen) atoms. The lowest BCUT2D eigenvalue weighted by Gasteiger charge is -2.24. The molecular weight excluding hydrogens is 174 g/mol. The first-order chi connectivity index (χ1) is 6.83. The lowest BCUT2D eigenvalue weighted by molar-refractivity contribution is 0.204. The highest BCUT2D eigenvalue weighted by Crippen LogP contribution is 2.31. The number of methoxy groups -OCH3 is 1. The Bertz CT molecular complexity index is 311. The molecule has 0 aromatic heterocycles. The molecule has 0 fully saturated rings. The molecule has 0 aliphatic carbocycles. The third-order valence-electron chi connectivity index (χ3n) is 2.88. The van der Waals surface area contributed by atoms with Crippen LogP contribution in [0.4, 0.5) is 5.69 Å². The first-order valence-corrected chi connectivity index (χ1v) is 5.16. The van der Waals surface area contributed by atoms with Gasteiger partial charge in [-0.3, -0.25) is 0 Å². The second kappa shape index (κ2) is 4.01. The summed E-state index contributed by atoms with van der Waals surface area (Å²) >= 11 is 0. The Hall–Kier alpha value is -1.02. The van der Waals surface area contributed by atoms with Crippen LogP contribution in [-0.2, 0) is 11.2 Å². The molecule has 1 aromatic carbocycles. The van der Waals surface area contributed by atoms with Gasteiger partial charge in [0.05, 0.1) is 6.61 Å². The number of fused-ring (bicyclic) bond motifs is 1. The van der Waals surface area contributed by atoms with Crippen LogP contribution >= 0.6 is 0 Å². The van der Waals surface area contributed by atoms with E-state index in [0.29, 0.717) is 6.04 Å². The van der Waals surface area contributed by atoms with Gasteiger partial charge in [-0.15, -0.1) is 0 Å². The van der Waals surface area contributed by atoms with Crippen LogP contribution in [0.25, 0.3) is 0 Å². The third kappa shape index (κ3) is 1.62. The second-order valence-corrected chi connectivity index (χ2v) is 3.87. The van der Waals surface area contributed by atoms with Gasteiger partial charge in [0, 0.05) is 25.4 Å². The smallest absolute Gasteiger partial charge is 0.0637 e. The first-order valence-electron chi connectivity index (χ1n) is 5.16. The summed E-state index contributed by atoms with van der Waals surface area (Å²) in [5, 5.41) is 0. The number of nitrogens with zero attached hydrogens (tertiary/aromatic N) is 1. The topological polar surface area (TPSA) is 12.5 Å². The summed E-state index contributed by atoms with van der Waals surface area (Å²) in [6, 6.07) is 9.26. The number of para-hydroxylation sites is 1. The molecule has 0 amide bonds. The molecule has 2 nitrogen and oxygen atoms in total. The van der Waals surface area contributed by atoms with Gasteiger partial charge in [-0.05, 0) is 25.0 Å². The lowest BCUT2D eigenvalue weighted by Crippen LogP contribution is -2.32. The zero-order chi connectivity index (χ0) is 9.97. The van der Waals surface area contributed by atoms with E-state index in [4.69, 9.17) is 4.74 Å². The van der Waals surface area contributed by atoms with Crippen LogP contribution in [-0.4, -0.2) is 26.3 Å². The van der Waals surface area contributed by atoms with E-state index in [-0.39, 0.29) is 0 Å². The van der Waals surface area contributed by atoms with Gasteiger partial charge in [-0.2, -0.15) is 0 Å². The van der Waals surface area contributed by atoms with Crippen molar-refractivity contribution in [3.8, 4) is 0 Å². The van der Waals surface area contributed by atoms with Gasteiger partial charge in [-0.25, -0.2) is 0 Å². The number of benzene rings is 1. The number of rotatable bonds is 3. The first kappa shape index (κ1) is 9.53. The SMILES string of the molecule is COCCN1c2ccccc2CC1C. The van der Waals surface area contributed by atoms with E-state index in [1.54, 1.807) is 7.11 Å². The zero-order valence-electron chi connectivity index (χ0n) is 8.86. The summed E-state index contributed by atoms with van der Waals surface area (Å²) in [5.74, 6) is 0. The molecule has 0 radical (unpaired) electrons. The van der Waals surface area contributed by atoms with E-state index in [9.17, 15) is 0 Å². The van der Waals surface area contributed by atoms with Crippen LogP contribution < -0.4 is 4.90 Å². The van der Waals surface area contributed by atoms with E-state index >= 15 is 0 Å². The van der Waals surface area contributed by atoms with Gasteiger partial charge in [0.1, 0.15) is 0 Å². The highest BCUT2D eigenvalue weighted by Gasteiger charge is 2.24. The van der Waals surface area contributed by atoms with Crippen LogP contribution in [0.15, 0.2) is 24.3 Å². The van der Waals surface area contributed by atoms with Crippen molar-refractivity contribution in [2.45, 2.75) is 19.4 Å². The normalized spacial score (nSPS) is 19.9. The molecule has 0 bridgehead atoms. The molecule has 0 saturated heterocycles. The van der Waals surface area contributed by atoms with Crippen LogP contribution in [0, 0.1) is 0 Å². The minimum atomic E-state index is 0.613. The maximum atomic E-state index is 5.13. The molecule has 0 N–H and O–H groups in total. The predicted molar refractivity (Wildman–Crippen MR) is 58.8 cm³/mol. The molecule has 0 saturated carbocycles. The van der Waals surface area contributed by atoms with E-state index in [1.807, 2.05) is 0 Å². The summed E-state index contributed by atoms with van der Waals surface area (Å²) < 4.78 is 5.13. The van der Waals surface area contributed by atoms with Crippen molar-refractivity contribution < 1.29 is 4.74 Å². The summed E-state index contributed by atoms with van der Waals surface area (Å²) in [4.78, 5) is 2.43. The Labute approximate surface area is 85.5 Å². The zero-order valence-corrected chi connectivity index (χ0v) is 8.86. The Balaban J connectivity index is 2.17. The molecule has 0 spiro atoms. The van der Waals surface area contributed by atoms with Gasteiger partial charge in [0.25, 0.3) is 0 Å². The fourth-order valence-corrected chi connectivity index (χ4v) is 2.16. The maximum Gasteiger partial charge on any atom is 0.0637 e. The van der Waals surface area contributed by atoms with E-state index in [1.165, 1.54) is 17.7 Å². The van der Waals surface area contributed by atoms with Gasteiger partial charge >= 0.3 is 0 Å². The molecular formula is C12H17NO. The molecule has 1 atom stereocenters. The van der Waals surface area contributed by atoms with Crippen molar-refractivity contribution in [1.82, 2.24) is 0 Å². The van der Waals surface area contributed by atoms with Crippen LogP contribution in [0.1, 0.15) is 12.5 Å². The van der Waals surface area contributed by atoms with Crippen LogP contribution in [0.2, 0.25) is 0 Å². The van der Waals surface area contributed by atoms with Crippen LogP contribution in [0.5, 0.6) is 0 Å². The molecule has 1 unspecified atom stereocenters. The fourth-order valence-electron chi connectivity index (χ4n) is 2.16. The Morgan fingerprint density at radius 1 is 1.43 bits per heavy atom. The average Bonchev–Trinajstić information content (AvgIpc) is 2.51. The Morgan fingerprint density at radius 2 is 2.21 bits per heavy atom. The number of hydrogen-bond donors (Lipinski definition) is 0. The van der Waals surface area contributed by atoms with Crippen molar-refractivity contribution in [2.75, 3.05) is 25.2 Å². The van der Waals surface area contributed by atoms with Gasteiger partial charge in [0.2, 0.25) is 0 Å². The average molecular weight is 191 g/mol.